The SMILES string of the molecule is CC(C)(C)c1ccnc(-c2[c-]c3c(cc2)N(c2ccccc2)c2cccc4c2B3c2[c-]c(-c3nc5ccccc5s3)ccc2N4c2ccccc2)c1.[Pt+2]. The molecule has 53 heavy (non-hydrogen) atoms. The molecule has 0 radical (unpaired) electrons. The predicted octanol–water partition coefficient (Wildman–Crippen LogP) is 10.0. The van der Waals surface area contributed by atoms with Crippen LogP contribution < -0.4 is 26.2 Å². The summed E-state index contributed by atoms with van der Waals surface area (Å²) in [7, 11) is 0. The van der Waals surface area contributed by atoms with Crippen LogP contribution in [-0.4, -0.2) is 16.7 Å². The molecular weight excluding hydrogens is 846 g/mol. The first-order valence-corrected chi connectivity index (χ1v) is 18.5. The molecule has 0 saturated heterocycles. The predicted molar refractivity (Wildman–Crippen MR) is 219 cm³/mol. The molecule has 2 aromatic heterocycles. The Labute approximate surface area is 329 Å². The fraction of sp³-hybridized carbons (Fsp3) is 0.0870. The van der Waals surface area contributed by atoms with Crippen LogP contribution in [0.3, 0.4) is 0 Å². The van der Waals surface area contributed by atoms with E-state index in [1.54, 1.807) is 11.3 Å². The molecule has 0 amide bonds. The van der Waals surface area contributed by atoms with Gasteiger partial charge in [-0.1, -0.05) is 81.4 Å². The van der Waals surface area contributed by atoms with Crippen LogP contribution in [0.15, 0.2) is 146 Å². The number of para-hydroxylation sites is 3. The van der Waals surface area contributed by atoms with E-state index in [1.807, 2.05) is 6.20 Å². The number of hydrogen-bond donors (Lipinski definition) is 0. The molecule has 8 aromatic rings. The van der Waals surface area contributed by atoms with Crippen LogP contribution in [0, 0.1) is 12.1 Å². The van der Waals surface area contributed by atoms with Crippen LogP contribution in [0.5, 0.6) is 0 Å². The minimum atomic E-state index is -0.129. The summed E-state index contributed by atoms with van der Waals surface area (Å²) in [6, 6.07) is 57.6. The molecule has 0 atom stereocenters. The van der Waals surface area contributed by atoms with Crippen molar-refractivity contribution in [2.45, 2.75) is 26.2 Å². The second-order valence-electron chi connectivity index (χ2n) is 14.5. The van der Waals surface area contributed by atoms with Gasteiger partial charge in [0.2, 0.25) is 6.71 Å². The van der Waals surface area contributed by atoms with Gasteiger partial charge in [0.15, 0.2) is 0 Å². The minimum absolute atomic E-state index is 0. The number of thiazole rings is 1. The minimum Gasteiger partial charge on any atom is -0.353 e. The van der Waals surface area contributed by atoms with Gasteiger partial charge in [-0.15, -0.1) is 58.5 Å². The van der Waals surface area contributed by atoms with Crippen molar-refractivity contribution in [2.24, 2.45) is 0 Å². The van der Waals surface area contributed by atoms with Crippen LogP contribution in [0.1, 0.15) is 26.3 Å². The molecule has 4 nitrogen and oxygen atoms in total. The third kappa shape index (κ3) is 5.55. The fourth-order valence-electron chi connectivity index (χ4n) is 7.77. The Hall–Kier alpha value is -5.29. The van der Waals surface area contributed by atoms with Gasteiger partial charge in [-0.05, 0) is 88.1 Å². The number of anilines is 6. The molecule has 6 aromatic carbocycles. The van der Waals surface area contributed by atoms with Crippen molar-refractivity contribution in [3.05, 3.63) is 163 Å². The summed E-state index contributed by atoms with van der Waals surface area (Å²) in [4.78, 5) is 14.7. The molecule has 7 heteroatoms. The first-order valence-electron chi connectivity index (χ1n) is 17.7. The van der Waals surface area contributed by atoms with Crippen molar-refractivity contribution in [2.75, 3.05) is 9.80 Å². The zero-order valence-corrected chi connectivity index (χ0v) is 32.5. The zero-order chi connectivity index (χ0) is 35.0. The molecule has 0 fully saturated rings. The number of aromatic nitrogens is 2. The first-order chi connectivity index (χ1) is 25.4. The van der Waals surface area contributed by atoms with Gasteiger partial charge in [-0.25, -0.2) is 0 Å². The van der Waals surface area contributed by atoms with Crippen LogP contribution in [-0.2, 0) is 26.5 Å². The summed E-state index contributed by atoms with van der Waals surface area (Å²) in [5, 5.41) is 0.970. The van der Waals surface area contributed by atoms with E-state index < -0.39 is 0 Å². The summed E-state index contributed by atoms with van der Waals surface area (Å²) >= 11 is 1.72. The number of rotatable bonds is 4. The number of pyridine rings is 1. The van der Waals surface area contributed by atoms with Crippen molar-refractivity contribution in [3.8, 4) is 21.8 Å². The molecule has 4 heterocycles. The molecule has 0 spiro atoms. The third-order valence-corrected chi connectivity index (χ3v) is 11.3. The molecule has 0 unspecified atom stereocenters. The zero-order valence-electron chi connectivity index (χ0n) is 29.4. The molecule has 0 bridgehead atoms. The molecule has 2 aliphatic heterocycles. The summed E-state index contributed by atoms with van der Waals surface area (Å²) < 4.78 is 1.17. The van der Waals surface area contributed by atoms with Gasteiger partial charge >= 0.3 is 21.1 Å². The molecule has 256 valence electrons. The fourth-order valence-corrected chi connectivity index (χ4v) is 8.72. The smallest absolute Gasteiger partial charge is 0.353 e. The summed E-state index contributed by atoms with van der Waals surface area (Å²) in [5.74, 6) is 0. The van der Waals surface area contributed by atoms with E-state index in [1.165, 1.54) is 15.7 Å². The Morgan fingerprint density at radius 3 is 1.81 bits per heavy atom. The molecule has 2 aliphatic rings. The largest absolute Gasteiger partial charge is 2.00 e. The van der Waals surface area contributed by atoms with Gasteiger partial charge in [-0.3, -0.25) is 4.98 Å². The standard InChI is InChI=1S/C46H33BN4S.Pt/c1-46(2,3)32-25-26-48-38(29-32)30-21-23-39-35(27-30)47-36-28-31(45-49-37-17-10-11-20-43(37)52-45)22-24-40(36)51(34-15-8-5-9-16-34)42-19-12-18-41(44(42)47)50(39)33-13-6-4-7-14-33;/h4-26,29H,1-3H3;/q-2;+2. The summed E-state index contributed by atoms with van der Waals surface area (Å²) in [6.45, 7) is 6.61. The van der Waals surface area contributed by atoms with Crippen molar-refractivity contribution < 1.29 is 21.1 Å². The summed E-state index contributed by atoms with van der Waals surface area (Å²) in [5.41, 5.74) is 15.3. The Kier molecular flexibility index (Phi) is 8.22. The second kappa shape index (κ2) is 13.0. The van der Waals surface area contributed by atoms with Crippen LogP contribution in [0.4, 0.5) is 34.1 Å². The van der Waals surface area contributed by atoms with E-state index in [-0.39, 0.29) is 33.2 Å². The number of fused-ring (bicyclic) bond motifs is 5. The Bertz CT molecular complexity index is 2600. The van der Waals surface area contributed by atoms with Crippen molar-refractivity contribution in [1.82, 2.24) is 9.97 Å². The summed E-state index contributed by atoms with van der Waals surface area (Å²) in [6.07, 6.45) is 1.93. The monoisotopic (exact) mass is 879 g/mol. The van der Waals surface area contributed by atoms with Gasteiger partial charge < -0.3 is 14.8 Å². The normalized spacial score (nSPS) is 12.9. The van der Waals surface area contributed by atoms with E-state index in [9.17, 15) is 0 Å². The van der Waals surface area contributed by atoms with Crippen molar-refractivity contribution >= 4 is 78.8 Å². The van der Waals surface area contributed by atoms with Crippen molar-refractivity contribution in [1.29, 1.82) is 0 Å². The molecule has 0 N–H and O–H groups in total. The van der Waals surface area contributed by atoms with Crippen LogP contribution >= 0.6 is 11.3 Å². The first kappa shape index (κ1) is 33.5. The van der Waals surface area contributed by atoms with Gasteiger partial charge in [0.05, 0.1) is 5.52 Å². The van der Waals surface area contributed by atoms with Crippen LogP contribution in [0.2, 0.25) is 0 Å². The molecule has 10 rings (SSSR count). The Morgan fingerprint density at radius 1 is 0.604 bits per heavy atom. The van der Waals surface area contributed by atoms with E-state index >= 15 is 0 Å². The Morgan fingerprint density at radius 2 is 1.19 bits per heavy atom. The molecular formula is C46H33BN4PtS. The maximum atomic E-state index is 5.06. The average molecular weight is 880 g/mol. The van der Waals surface area contributed by atoms with E-state index in [0.29, 0.717) is 0 Å². The van der Waals surface area contributed by atoms with Gasteiger partial charge in [0, 0.05) is 38.7 Å². The number of benzene rings is 6. The maximum absolute atomic E-state index is 5.06. The van der Waals surface area contributed by atoms with E-state index in [4.69, 9.17) is 9.97 Å². The van der Waals surface area contributed by atoms with E-state index in [2.05, 4.69) is 182 Å². The van der Waals surface area contributed by atoms with Crippen molar-refractivity contribution in [3.63, 3.8) is 0 Å². The third-order valence-electron chi connectivity index (χ3n) is 10.3. The molecule has 0 saturated carbocycles. The van der Waals surface area contributed by atoms with Crippen LogP contribution in [0.25, 0.3) is 32.0 Å². The van der Waals surface area contributed by atoms with Gasteiger partial charge in [0.1, 0.15) is 0 Å². The average Bonchev–Trinajstić information content (AvgIpc) is 3.62. The number of nitrogens with zero attached hydrogens (tertiary/aromatic N) is 4. The molecule has 0 aliphatic carbocycles. The van der Waals surface area contributed by atoms with Gasteiger partial charge in [-0.2, -0.15) is 11.3 Å². The number of hydrogen-bond acceptors (Lipinski definition) is 5. The quantitative estimate of drug-likeness (QED) is 0.130. The maximum Gasteiger partial charge on any atom is 2.00 e. The van der Waals surface area contributed by atoms with E-state index in [0.717, 1.165) is 72.4 Å². The topological polar surface area (TPSA) is 32.3 Å². The Balaban J connectivity index is 0.00000372. The second-order valence-corrected chi connectivity index (χ2v) is 15.5. The van der Waals surface area contributed by atoms with Gasteiger partial charge in [0.25, 0.3) is 0 Å².